The Kier molecular flexibility index (Phi) is 2.68. The molecule has 88 valence electrons. The van der Waals surface area contributed by atoms with E-state index in [9.17, 15) is 5.11 Å². The van der Waals surface area contributed by atoms with Gasteiger partial charge in [-0.1, -0.05) is 18.2 Å². The largest absolute Gasteiger partial charge is 0.493 e. The van der Waals surface area contributed by atoms with Gasteiger partial charge in [0.1, 0.15) is 5.75 Å². The lowest BCUT2D eigenvalue weighted by atomic mass is 9.69. The maximum atomic E-state index is 10.3. The van der Waals surface area contributed by atoms with Crippen molar-refractivity contribution in [1.82, 2.24) is 0 Å². The fourth-order valence-corrected chi connectivity index (χ4v) is 2.20. The van der Waals surface area contributed by atoms with Crippen molar-refractivity contribution in [2.75, 3.05) is 13.2 Å². The van der Waals surface area contributed by atoms with E-state index in [0.717, 1.165) is 17.7 Å². The lowest BCUT2D eigenvalue weighted by molar-refractivity contribution is -0.0805. The lowest BCUT2D eigenvalue weighted by Gasteiger charge is -2.45. The minimum Gasteiger partial charge on any atom is -0.493 e. The Labute approximate surface area is 96.2 Å². The molecular formula is C13H19NO2. The summed E-state index contributed by atoms with van der Waals surface area (Å²) in [5.41, 5.74) is 5.74. The Morgan fingerprint density at radius 1 is 1.44 bits per heavy atom. The van der Waals surface area contributed by atoms with Crippen LogP contribution in [0.1, 0.15) is 19.4 Å². The zero-order valence-electron chi connectivity index (χ0n) is 9.86. The van der Waals surface area contributed by atoms with Crippen molar-refractivity contribution in [2.45, 2.75) is 25.9 Å². The number of hydrogen-bond acceptors (Lipinski definition) is 3. The highest BCUT2D eigenvalue weighted by Crippen LogP contribution is 2.40. The van der Waals surface area contributed by atoms with Gasteiger partial charge in [-0.2, -0.15) is 0 Å². The first-order valence-electron chi connectivity index (χ1n) is 5.62. The van der Waals surface area contributed by atoms with Gasteiger partial charge in [-0.3, -0.25) is 0 Å². The number of hydrogen-bond donors (Lipinski definition) is 2. The van der Waals surface area contributed by atoms with Crippen LogP contribution < -0.4 is 10.5 Å². The molecule has 3 heteroatoms. The summed E-state index contributed by atoms with van der Waals surface area (Å²) in [4.78, 5) is 0. The minimum absolute atomic E-state index is 0.388. The van der Waals surface area contributed by atoms with Gasteiger partial charge in [-0.05, 0) is 31.9 Å². The Hall–Kier alpha value is -1.06. The van der Waals surface area contributed by atoms with Gasteiger partial charge in [0.15, 0.2) is 0 Å². The molecule has 16 heavy (non-hydrogen) atoms. The van der Waals surface area contributed by atoms with Crippen molar-refractivity contribution >= 4 is 0 Å². The third-order valence-corrected chi connectivity index (χ3v) is 3.69. The van der Waals surface area contributed by atoms with Crippen molar-refractivity contribution < 1.29 is 9.84 Å². The van der Waals surface area contributed by atoms with E-state index in [4.69, 9.17) is 10.5 Å². The Morgan fingerprint density at radius 3 is 2.75 bits per heavy atom. The topological polar surface area (TPSA) is 55.5 Å². The smallest absolute Gasteiger partial charge is 0.122 e. The summed E-state index contributed by atoms with van der Waals surface area (Å²) in [6, 6.07) is 7.93. The van der Waals surface area contributed by atoms with Crippen LogP contribution in [0, 0.1) is 5.41 Å². The molecule has 0 bridgehead atoms. The summed E-state index contributed by atoms with van der Waals surface area (Å²) in [5, 5.41) is 10.3. The van der Waals surface area contributed by atoms with E-state index in [0.29, 0.717) is 13.2 Å². The molecule has 2 rings (SSSR count). The molecule has 1 unspecified atom stereocenters. The number of rotatable bonds is 2. The SMILES string of the molecule is CC(C)(O)C1(CN)COc2ccccc2C1. The molecule has 0 spiro atoms. The summed E-state index contributed by atoms with van der Waals surface area (Å²) in [5.74, 6) is 0.913. The average molecular weight is 221 g/mol. The van der Waals surface area contributed by atoms with E-state index in [1.807, 2.05) is 24.3 Å². The molecule has 1 aromatic rings. The fourth-order valence-electron chi connectivity index (χ4n) is 2.20. The molecule has 1 atom stereocenters. The fraction of sp³-hybridized carbons (Fsp3) is 0.538. The van der Waals surface area contributed by atoms with E-state index >= 15 is 0 Å². The number of nitrogens with two attached hydrogens (primary N) is 1. The van der Waals surface area contributed by atoms with Crippen molar-refractivity contribution in [3.8, 4) is 5.75 Å². The summed E-state index contributed by atoms with van der Waals surface area (Å²) in [6.45, 7) is 4.50. The lowest BCUT2D eigenvalue weighted by Crippen LogP contribution is -2.55. The second-order valence-electron chi connectivity index (χ2n) is 5.12. The van der Waals surface area contributed by atoms with Crippen LogP contribution in [0.15, 0.2) is 24.3 Å². The number of aliphatic hydroxyl groups is 1. The Bertz CT molecular complexity index is 384. The maximum absolute atomic E-state index is 10.3. The second-order valence-corrected chi connectivity index (χ2v) is 5.12. The van der Waals surface area contributed by atoms with Crippen LogP contribution in [0.25, 0.3) is 0 Å². The highest BCUT2D eigenvalue weighted by Gasteiger charge is 2.46. The van der Waals surface area contributed by atoms with E-state index < -0.39 is 5.60 Å². The van der Waals surface area contributed by atoms with Crippen LogP contribution in [-0.4, -0.2) is 23.9 Å². The monoisotopic (exact) mass is 221 g/mol. The Balaban J connectivity index is 2.36. The molecule has 1 heterocycles. The molecule has 0 aliphatic carbocycles. The number of para-hydroxylation sites is 1. The third-order valence-electron chi connectivity index (χ3n) is 3.69. The van der Waals surface area contributed by atoms with Gasteiger partial charge in [0.05, 0.1) is 12.2 Å². The van der Waals surface area contributed by atoms with Crippen LogP contribution in [0.5, 0.6) is 5.75 Å². The quantitative estimate of drug-likeness (QED) is 0.792. The van der Waals surface area contributed by atoms with Gasteiger partial charge in [-0.25, -0.2) is 0 Å². The number of ether oxygens (including phenoxy) is 1. The first-order chi connectivity index (χ1) is 7.48. The summed E-state index contributed by atoms with van der Waals surface area (Å²) in [7, 11) is 0. The second kappa shape index (κ2) is 3.75. The molecular weight excluding hydrogens is 202 g/mol. The van der Waals surface area contributed by atoms with Crippen LogP contribution in [0.4, 0.5) is 0 Å². The van der Waals surface area contributed by atoms with Crippen LogP contribution in [-0.2, 0) is 6.42 Å². The van der Waals surface area contributed by atoms with Crippen LogP contribution in [0.3, 0.4) is 0 Å². The molecule has 1 aliphatic rings. The average Bonchev–Trinajstić information content (AvgIpc) is 2.27. The Morgan fingerprint density at radius 2 is 2.12 bits per heavy atom. The summed E-state index contributed by atoms with van der Waals surface area (Å²) >= 11 is 0. The van der Waals surface area contributed by atoms with Gasteiger partial charge < -0.3 is 15.6 Å². The van der Waals surface area contributed by atoms with E-state index in [-0.39, 0.29) is 5.41 Å². The normalized spacial score (nSPS) is 24.8. The number of benzene rings is 1. The standard InChI is InChI=1S/C13H19NO2/c1-12(2,15)13(8-14)7-10-5-3-4-6-11(10)16-9-13/h3-6,15H,7-9,14H2,1-2H3. The molecule has 1 aromatic carbocycles. The van der Waals surface area contributed by atoms with E-state index in [1.165, 1.54) is 0 Å². The van der Waals surface area contributed by atoms with Gasteiger partial charge in [0.2, 0.25) is 0 Å². The zero-order chi connectivity index (χ0) is 11.8. The van der Waals surface area contributed by atoms with Crippen molar-refractivity contribution in [3.05, 3.63) is 29.8 Å². The molecule has 3 N–H and O–H groups in total. The molecule has 0 aromatic heterocycles. The van der Waals surface area contributed by atoms with E-state index in [2.05, 4.69) is 0 Å². The molecule has 0 fully saturated rings. The van der Waals surface area contributed by atoms with Crippen LogP contribution in [0.2, 0.25) is 0 Å². The maximum Gasteiger partial charge on any atom is 0.122 e. The van der Waals surface area contributed by atoms with Gasteiger partial charge in [-0.15, -0.1) is 0 Å². The molecule has 1 aliphatic heterocycles. The van der Waals surface area contributed by atoms with Crippen molar-refractivity contribution in [3.63, 3.8) is 0 Å². The zero-order valence-corrected chi connectivity index (χ0v) is 9.86. The number of fused-ring (bicyclic) bond motifs is 1. The predicted octanol–water partition coefficient (Wildman–Crippen LogP) is 1.34. The third kappa shape index (κ3) is 1.70. The molecule has 0 saturated heterocycles. The van der Waals surface area contributed by atoms with E-state index in [1.54, 1.807) is 13.8 Å². The molecule has 0 amide bonds. The van der Waals surface area contributed by atoms with Crippen molar-refractivity contribution in [1.29, 1.82) is 0 Å². The predicted molar refractivity (Wildman–Crippen MR) is 63.4 cm³/mol. The first-order valence-corrected chi connectivity index (χ1v) is 5.62. The minimum atomic E-state index is -0.838. The first kappa shape index (κ1) is 11.4. The highest BCUT2D eigenvalue weighted by atomic mass is 16.5. The van der Waals surface area contributed by atoms with Gasteiger partial charge >= 0.3 is 0 Å². The molecule has 3 nitrogen and oxygen atoms in total. The molecule has 0 radical (unpaired) electrons. The van der Waals surface area contributed by atoms with Gasteiger partial charge in [0.25, 0.3) is 0 Å². The highest BCUT2D eigenvalue weighted by molar-refractivity contribution is 5.36. The van der Waals surface area contributed by atoms with Gasteiger partial charge in [0, 0.05) is 12.0 Å². The summed E-state index contributed by atoms with van der Waals surface area (Å²) < 4.78 is 5.72. The van der Waals surface area contributed by atoms with Crippen LogP contribution >= 0.6 is 0 Å². The molecule has 0 saturated carbocycles. The summed E-state index contributed by atoms with van der Waals surface area (Å²) in [6.07, 6.45) is 0.767. The van der Waals surface area contributed by atoms with Crippen molar-refractivity contribution in [2.24, 2.45) is 11.1 Å².